The minimum atomic E-state index is -1.05. The highest BCUT2D eigenvalue weighted by molar-refractivity contribution is 6.37. The number of hydrogen-bond acceptors (Lipinski definition) is 12. The van der Waals surface area contributed by atoms with Crippen molar-refractivity contribution >= 4 is 171 Å². The topological polar surface area (TPSA) is 254 Å². The molecule has 0 bridgehead atoms. The molecule has 3 aliphatic heterocycles. The van der Waals surface area contributed by atoms with Gasteiger partial charge in [0.1, 0.15) is 34.3 Å². The molecule has 0 spiro atoms. The molecule has 3 amide bonds. The maximum atomic E-state index is 15.2. The predicted octanol–water partition coefficient (Wildman–Crippen LogP) is 27.2. The number of benzene rings is 9. The van der Waals surface area contributed by atoms with Crippen LogP contribution < -0.4 is 28.9 Å². The molecule has 18 aromatic rings. The van der Waals surface area contributed by atoms with E-state index in [1.165, 1.54) is 6.07 Å². The van der Waals surface area contributed by atoms with Crippen molar-refractivity contribution in [1.82, 2.24) is 57.2 Å². The SMILES string of the molecule is Cc1cc(OCCCc2c3n(c4c(-c5c(C)nn(C)c5C)c(Cl)ccc24)CCCN(c2cc(C(=O)O)c4ccn(Cc5cccnc5)c4c2)C3=O)cc(C)c1Cl.Cc1cc(OCCCc2c3n(c4c(-c5c(C)nn(C)c5C)c(Cl)ccc24)CCCN(c2ccc4ccn(C)c4c2)C3=O)cc(C)c1Cl.Cc1cc(OCCCc2c3n(c4c(-c5c(C)nn(C)c5C)cc(Cl)cc24)CCCN(c2cccc(C(=O)O)c2)C3=O)cc(C)c1Cl. The summed E-state index contributed by atoms with van der Waals surface area (Å²) in [5.41, 5.74) is 29.8. The van der Waals surface area contributed by atoms with Crippen LogP contribution in [0.2, 0.25) is 30.1 Å². The Balaban J connectivity index is 0.000000141. The Hall–Kier alpha value is -14.1. The molecule has 0 unspecified atom stereocenters. The minimum absolute atomic E-state index is 0.00818. The minimum Gasteiger partial charge on any atom is -0.494 e. The number of amides is 3. The van der Waals surface area contributed by atoms with Gasteiger partial charge in [-0.2, -0.15) is 15.3 Å². The number of hydrogen-bond donors (Lipinski definition) is 2. The Morgan fingerprint density at radius 2 is 0.832 bits per heavy atom. The largest absolute Gasteiger partial charge is 0.494 e. The van der Waals surface area contributed by atoms with Gasteiger partial charge in [-0.1, -0.05) is 99.9 Å². The van der Waals surface area contributed by atoms with Crippen LogP contribution in [0.25, 0.3) is 87.9 Å². The van der Waals surface area contributed by atoms with Gasteiger partial charge in [0.15, 0.2) is 0 Å². The smallest absolute Gasteiger partial charge is 0.336 e. The van der Waals surface area contributed by atoms with Crippen LogP contribution in [-0.2, 0) is 73.6 Å². The number of aromatic nitrogens is 12. The van der Waals surface area contributed by atoms with Gasteiger partial charge < -0.3 is 62.0 Å². The summed E-state index contributed by atoms with van der Waals surface area (Å²) >= 11 is 40.2. The van der Waals surface area contributed by atoms with E-state index in [1.54, 1.807) is 46.5 Å². The number of ether oxygens (including phenoxy) is 3. The zero-order valence-electron chi connectivity index (χ0n) is 86.3. The summed E-state index contributed by atoms with van der Waals surface area (Å²) in [6, 6.07) is 47.8. The number of aryl methyl sites for hydroxylation is 19. The standard InChI is InChI=1S/C44H42Cl2N6O4.C38H39Cl2N5O2.C36H36Cl2N4O4/c1-25-19-31(20-26(2)40(25)46)56-18-7-10-33-34-11-12-36(45)39(38-27(3)48-49(5)28(38)4)41(34)52-16-8-15-51(43(53)42(33)52)30-21-35(44(54)55)32-13-17-50(37(32)22-30)24-29-9-6-14-47-23-29;1-22-19-28(20-23(2)35(22)40)47-18-7-9-29-30-12-13-31(39)34(33-24(3)41-43(6)25(33)4)36(30)45-16-8-15-44(38(46)37(29)45)27-11-10-26-14-17-42(5)32(26)21-27;1-20-15-27(16-21(2)32(20)38)46-14-7-11-28-29-18-25(37)19-30(31-22(3)39-40(5)23(31)4)33(29)42-13-8-12-41(35(43)34(28)42)26-10-6-9-24(17-26)36(44)45/h6,9,11-14,17,19-23H,7-8,10,15-16,18,24H2,1-5H3,(H,54,55);10-14,17,19-21H,7-9,15-16,18H2,1-6H3;6,9-10,15-19H,7-8,11-14H2,1-5H3,(H,44,45). The third kappa shape index (κ3) is 19.7. The Morgan fingerprint density at radius 3 is 1.27 bits per heavy atom. The number of anilines is 3. The van der Waals surface area contributed by atoms with Crippen molar-refractivity contribution < 1.29 is 48.4 Å². The van der Waals surface area contributed by atoms with E-state index in [9.17, 15) is 29.4 Å². The van der Waals surface area contributed by atoms with Gasteiger partial charge in [0, 0.05) is 213 Å². The first-order chi connectivity index (χ1) is 71.4. The second kappa shape index (κ2) is 42.5. The highest BCUT2D eigenvalue weighted by Crippen LogP contribution is 2.49. The summed E-state index contributed by atoms with van der Waals surface area (Å²) in [5.74, 6) is -0.130. The average molecular weight is 2120 g/mol. The number of aromatic carboxylic acids is 2. The Labute approximate surface area is 894 Å². The molecule has 31 heteroatoms. The first-order valence-corrected chi connectivity index (χ1v) is 52.5. The first kappa shape index (κ1) is 104. The van der Waals surface area contributed by atoms with Crippen LogP contribution in [0.5, 0.6) is 17.2 Å². The number of rotatable bonds is 25. The summed E-state index contributed by atoms with van der Waals surface area (Å²) in [4.78, 5) is 78.8. The van der Waals surface area contributed by atoms with Crippen LogP contribution in [0.4, 0.5) is 17.1 Å². The fourth-order valence-corrected chi connectivity index (χ4v) is 23.4. The molecule has 21 rings (SSSR count). The summed E-state index contributed by atoms with van der Waals surface area (Å²) in [6.45, 7) is 29.2. The van der Waals surface area contributed by atoms with E-state index < -0.39 is 11.9 Å². The third-order valence-corrected chi connectivity index (χ3v) is 32.2. The van der Waals surface area contributed by atoms with Gasteiger partial charge in [-0.05, 0) is 323 Å². The van der Waals surface area contributed by atoms with Gasteiger partial charge in [0.25, 0.3) is 17.7 Å². The molecule has 9 aromatic heterocycles. The molecule has 0 atom stereocenters. The molecule has 0 aliphatic carbocycles. The number of pyridine rings is 1. The highest BCUT2D eigenvalue weighted by atomic mass is 35.5. The molecule has 0 radical (unpaired) electrons. The van der Waals surface area contributed by atoms with E-state index in [0.717, 1.165) is 229 Å². The van der Waals surface area contributed by atoms with E-state index in [2.05, 4.69) is 71.8 Å². The monoisotopic (exact) mass is 2110 g/mol. The maximum Gasteiger partial charge on any atom is 0.336 e. The van der Waals surface area contributed by atoms with Crippen molar-refractivity contribution in [1.29, 1.82) is 0 Å². The van der Waals surface area contributed by atoms with Crippen molar-refractivity contribution in [2.75, 3.05) is 54.2 Å². The summed E-state index contributed by atoms with van der Waals surface area (Å²) in [7, 11) is 7.84. The zero-order chi connectivity index (χ0) is 105. The molecule has 0 fully saturated rings. The first-order valence-electron chi connectivity index (χ1n) is 50.2. The molecule has 3 aliphatic rings. The molecular weight excluding hydrogens is 2000 g/mol. The number of carbonyl (C=O) groups is 5. The number of halogens is 6. The molecule has 25 nitrogen and oxygen atoms in total. The third-order valence-electron chi connectivity index (χ3n) is 29.5. The fourth-order valence-electron chi connectivity index (χ4n) is 22.3. The lowest BCUT2D eigenvalue weighted by Gasteiger charge is -2.22. The maximum absolute atomic E-state index is 15.2. The predicted molar refractivity (Wildman–Crippen MR) is 598 cm³/mol. The number of fused-ring (bicyclic) bond motifs is 11. The zero-order valence-corrected chi connectivity index (χ0v) is 90.9. The van der Waals surface area contributed by atoms with Gasteiger partial charge in [-0.25, -0.2) is 9.59 Å². The van der Waals surface area contributed by atoms with Crippen LogP contribution in [0.15, 0.2) is 176 Å². The molecule has 766 valence electrons. The van der Waals surface area contributed by atoms with Crippen molar-refractivity contribution in [3.63, 3.8) is 0 Å². The van der Waals surface area contributed by atoms with Crippen LogP contribution in [0.3, 0.4) is 0 Å². The number of carboxylic acids is 2. The van der Waals surface area contributed by atoms with Gasteiger partial charge in [-0.15, -0.1) is 0 Å². The lowest BCUT2D eigenvalue weighted by molar-refractivity contribution is 0.0687. The Bertz CT molecular complexity index is 8390. The highest BCUT2D eigenvalue weighted by Gasteiger charge is 2.39. The molecule has 0 saturated carbocycles. The van der Waals surface area contributed by atoms with Crippen LogP contribution >= 0.6 is 69.6 Å². The summed E-state index contributed by atoms with van der Waals surface area (Å²) < 4.78 is 34.8. The van der Waals surface area contributed by atoms with Gasteiger partial charge in [0.05, 0.1) is 80.1 Å². The Kier molecular flexibility index (Phi) is 29.5. The number of carboxylic acid groups (broad SMARTS) is 2. The molecule has 149 heavy (non-hydrogen) atoms. The second-order valence-corrected chi connectivity index (χ2v) is 41.8. The fraction of sp³-hybridized carbons (Fsp3) is 0.297. The van der Waals surface area contributed by atoms with Crippen LogP contribution in [0, 0.1) is 83.1 Å². The van der Waals surface area contributed by atoms with Gasteiger partial charge >= 0.3 is 11.9 Å². The van der Waals surface area contributed by atoms with E-state index >= 15 is 4.79 Å². The summed E-state index contributed by atoms with van der Waals surface area (Å²) in [6.07, 6.45) is 13.4. The van der Waals surface area contributed by atoms with Crippen LogP contribution in [-0.4, -0.2) is 136 Å². The molecule has 9 aromatic carbocycles. The Morgan fingerprint density at radius 1 is 0.396 bits per heavy atom. The molecule has 0 saturated heterocycles. The second-order valence-electron chi connectivity index (χ2n) is 39.4. The van der Waals surface area contributed by atoms with Crippen molar-refractivity contribution in [2.45, 2.75) is 167 Å². The molecular formula is C118H117Cl6N15O10. The lowest BCUT2D eigenvalue weighted by Crippen LogP contribution is -2.32. The van der Waals surface area contributed by atoms with Crippen molar-refractivity contribution in [3.05, 3.63) is 325 Å². The van der Waals surface area contributed by atoms with E-state index in [1.807, 2.05) is 225 Å². The van der Waals surface area contributed by atoms with Gasteiger partial charge in [0.2, 0.25) is 0 Å². The lowest BCUT2D eigenvalue weighted by atomic mass is 9.98. The van der Waals surface area contributed by atoms with E-state index in [4.69, 9.17) is 94.0 Å². The molecule has 12 heterocycles. The van der Waals surface area contributed by atoms with E-state index in [-0.39, 0.29) is 28.8 Å². The van der Waals surface area contributed by atoms with Crippen LogP contribution in [0.1, 0.15) is 181 Å². The van der Waals surface area contributed by atoms with E-state index in [0.29, 0.717) is 154 Å². The molecule has 2 N–H and O–H groups in total. The normalized spacial score (nSPS) is 13.3. The van der Waals surface area contributed by atoms with Crippen molar-refractivity contribution in [2.24, 2.45) is 28.2 Å². The van der Waals surface area contributed by atoms with Gasteiger partial charge in [-0.3, -0.25) is 33.4 Å². The quantitative estimate of drug-likeness (QED) is 0.0505. The average Bonchev–Trinajstić information content (AvgIpc) is 1.53. The van der Waals surface area contributed by atoms with Crippen molar-refractivity contribution in [3.8, 4) is 50.6 Å². The number of nitrogens with zero attached hydrogens (tertiary/aromatic N) is 15. The number of carbonyl (C=O) groups excluding carboxylic acids is 3. The summed E-state index contributed by atoms with van der Waals surface area (Å²) in [5, 5.41) is 42.9.